The van der Waals surface area contributed by atoms with Gasteiger partial charge in [-0.3, -0.25) is 4.90 Å². The number of nitrogens with one attached hydrogen (secondary N) is 2. The van der Waals surface area contributed by atoms with E-state index in [2.05, 4.69) is 25.1 Å². The van der Waals surface area contributed by atoms with Crippen molar-refractivity contribution in [3.8, 4) is 5.75 Å². The van der Waals surface area contributed by atoms with Gasteiger partial charge in [-0.1, -0.05) is 6.07 Å². The maximum atomic E-state index is 12.7. The van der Waals surface area contributed by atoms with Gasteiger partial charge in [0, 0.05) is 45.6 Å². The fourth-order valence-corrected chi connectivity index (χ4v) is 3.44. The van der Waals surface area contributed by atoms with Gasteiger partial charge in [0.2, 0.25) is 0 Å². The van der Waals surface area contributed by atoms with Crippen LogP contribution in [0.15, 0.2) is 30.6 Å². The number of ether oxygens (including phenoxy) is 1. The Morgan fingerprint density at radius 3 is 2.88 bits per heavy atom. The van der Waals surface area contributed by atoms with E-state index in [-0.39, 0.29) is 6.03 Å². The number of imidazole rings is 1. The number of para-hydroxylation sites is 1. The summed E-state index contributed by atoms with van der Waals surface area (Å²) < 4.78 is 5.70. The molecular weight excluding hydrogens is 332 g/mol. The number of urea groups is 1. The molecule has 1 saturated heterocycles. The minimum absolute atomic E-state index is 0.0602. The SMILES string of the molecule is CN1CCOc2cccc(NC(=O)N3CCN(Cc4ncc[nH]4)CC3)c21. The number of carbonyl (C=O) groups is 1. The standard InChI is InChI=1S/C18H24N6O2/c1-22-11-12-26-15-4-2-3-14(17(15)22)21-18(25)24-9-7-23(8-10-24)13-16-19-5-6-20-16/h2-6H,7-13H2,1H3,(H,19,20)(H,21,25). The van der Waals surface area contributed by atoms with Crippen molar-refractivity contribution in [3.63, 3.8) is 0 Å². The van der Waals surface area contributed by atoms with Crippen LogP contribution >= 0.6 is 0 Å². The van der Waals surface area contributed by atoms with Crippen LogP contribution in [0.25, 0.3) is 0 Å². The van der Waals surface area contributed by atoms with Crippen molar-refractivity contribution in [1.29, 1.82) is 0 Å². The molecule has 8 heteroatoms. The largest absolute Gasteiger partial charge is 0.489 e. The number of rotatable bonds is 3. The number of anilines is 2. The molecule has 8 nitrogen and oxygen atoms in total. The second-order valence-electron chi connectivity index (χ2n) is 6.65. The van der Waals surface area contributed by atoms with Gasteiger partial charge in [0.15, 0.2) is 0 Å². The molecule has 2 aliphatic rings. The van der Waals surface area contributed by atoms with Crippen LogP contribution in [0.5, 0.6) is 5.75 Å². The molecule has 3 heterocycles. The number of hydrogen-bond acceptors (Lipinski definition) is 5. The number of H-pyrrole nitrogens is 1. The van der Waals surface area contributed by atoms with Crippen molar-refractivity contribution in [2.45, 2.75) is 6.54 Å². The summed E-state index contributed by atoms with van der Waals surface area (Å²) >= 11 is 0. The molecule has 0 unspecified atom stereocenters. The number of hydrogen-bond donors (Lipinski definition) is 2. The van der Waals surface area contributed by atoms with E-state index < -0.39 is 0 Å². The Labute approximate surface area is 152 Å². The van der Waals surface area contributed by atoms with E-state index >= 15 is 0 Å². The summed E-state index contributed by atoms with van der Waals surface area (Å²) in [5.41, 5.74) is 1.75. The van der Waals surface area contributed by atoms with Crippen LogP contribution < -0.4 is 15.0 Å². The average molecular weight is 356 g/mol. The highest BCUT2D eigenvalue weighted by atomic mass is 16.5. The first kappa shape index (κ1) is 16.7. The van der Waals surface area contributed by atoms with Crippen molar-refractivity contribution in [1.82, 2.24) is 19.8 Å². The minimum atomic E-state index is -0.0602. The molecule has 0 saturated carbocycles. The molecule has 2 N–H and O–H groups in total. The van der Waals surface area contributed by atoms with Crippen LogP contribution in [-0.2, 0) is 6.54 Å². The second-order valence-corrected chi connectivity index (χ2v) is 6.65. The Balaban J connectivity index is 1.36. The molecule has 0 aliphatic carbocycles. The first-order chi connectivity index (χ1) is 12.7. The summed E-state index contributed by atoms with van der Waals surface area (Å²) in [4.78, 5) is 26.4. The summed E-state index contributed by atoms with van der Waals surface area (Å²) in [6.45, 7) is 5.34. The zero-order valence-corrected chi connectivity index (χ0v) is 14.9. The lowest BCUT2D eigenvalue weighted by Crippen LogP contribution is -2.49. The maximum Gasteiger partial charge on any atom is 0.321 e. The van der Waals surface area contributed by atoms with Gasteiger partial charge in [0.25, 0.3) is 0 Å². The Bertz CT molecular complexity index is 755. The van der Waals surface area contributed by atoms with E-state index in [4.69, 9.17) is 4.74 Å². The number of amides is 2. The van der Waals surface area contributed by atoms with Crippen molar-refractivity contribution in [3.05, 3.63) is 36.4 Å². The number of aromatic amines is 1. The molecule has 0 atom stereocenters. The molecule has 0 radical (unpaired) electrons. The van der Waals surface area contributed by atoms with Crippen LogP contribution in [0, 0.1) is 0 Å². The van der Waals surface area contributed by atoms with Crippen LogP contribution in [0.1, 0.15) is 5.82 Å². The monoisotopic (exact) mass is 356 g/mol. The van der Waals surface area contributed by atoms with Gasteiger partial charge >= 0.3 is 6.03 Å². The number of likely N-dealkylation sites (N-methyl/N-ethyl adjacent to an activating group) is 1. The van der Waals surface area contributed by atoms with Gasteiger partial charge in [0.05, 0.1) is 18.8 Å². The van der Waals surface area contributed by atoms with Gasteiger partial charge in [-0.15, -0.1) is 0 Å². The summed E-state index contributed by atoms with van der Waals surface area (Å²) in [5.74, 6) is 1.78. The summed E-state index contributed by atoms with van der Waals surface area (Å²) in [6, 6.07) is 5.72. The quantitative estimate of drug-likeness (QED) is 0.873. The molecule has 138 valence electrons. The lowest BCUT2D eigenvalue weighted by molar-refractivity contribution is 0.141. The normalized spacial score (nSPS) is 17.6. The van der Waals surface area contributed by atoms with E-state index in [1.165, 1.54) is 0 Å². The van der Waals surface area contributed by atoms with E-state index in [9.17, 15) is 4.79 Å². The topological polar surface area (TPSA) is 76.7 Å². The van der Waals surface area contributed by atoms with E-state index in [1.807, 2.05) is 36.3 Å². The molecule has 1 aromatic heterocycles. The van der Waals surface area contributed by atoms with Gasteiger partial charge in [-0.25, -0.2) is 9.78 Å². The van der Waals surface area contributed by atoms with Crippen molar-refractivity contribution in [2.75, 3.05) is 56.6 Å². The molecule has 2 amide bonds. The van der Waals surface area contributed by atoms with Crippen LogP contribution in [0.4, 0.5) is 16.2 Å². The highest BCUT2D eigenvalue weighted by Crippen LogP contribution is 2.37. The molecule has 26 heavy (non-hydrogen) atoms. The molecular formula is C18H24N6O2. The fourth-order valence-electron chi connectivity index (χ4n) is 3.44. The fraction of sp³-hybridized carbons (Fsp3) is 0.444. The van der Waals surface area contributed by atoms with E-state index in [1.54, 1.807) is 6.20 Å². The molecule has 0 spiro atoms. The number of fused-ring (bicyclic) bond motifs is 1. The summed E-state index contributed by atoms with van der Waals surface area (Å²) in [7, 11) is 2.02. The van der Waals surface area contributed by atoms with E-state index in [0.29, 0.717) is 19.7 Å². The molecule has 2 aromatic rings. The third-order valence-corrected chi connectivity index (χ3v) is 4.89. The second kappa shape index (κ2) is 7.25. The predicted molar refractivity (Wildman–Crippen MR) is 99.7 cm³/mol. The molecule has 1 aromatic carbocycles. The third-order valence-electron chi connectivity index (χ3n) is 4.89. The Morgan fingerprint density at radius 1 is 1.27 bits per heavy atom. The highest BCUT2D eigenvalue weighted by Gasteiger charge is 2.24. The van der Waals surface area contributed by atoms with Gasteiger partial charge in [0.1, 0.15) is 23.9 Å². The molecule has 1 fully saturated rings. The van der Waals surface area contributed by atoms with Gasteiger partial charge in [-0.05, 0) is 12.1 Å². The zero-order chi connectivity index (χ0) is 17.9. The molecule has 2 aliphatic heterocycles. The van der Waals surface area contributed by atoms with Crippen molar-refractivity contribution >= 4 is 17.4 Å². The number of nitrogens with zero attached hydrogens (tertiary/aromatic N) is 4. The predicted octanol–water partition coefficient (Wildman–Crippen LogP) is 1.59. The minimum Gasteiger partial charge on any atom is -0.489 e. The number of aromatic nitrogens is 2. The van der Waals surface area contributed by atoms with Crippen LogP contribution in [0.3, 0.4) is 0 Å². The lowest BCUT2D eigenvalue weighted by atomic mass is 10.2. The first-order valence-corrected chi connectivity index (χ1v) is 8.94. The highest BCUT2D eigenvalue weighted by molar-refractivity contribution is 5.94. The molecule has 0 bridgehead atoms. The number of benzene rings is 1. The summed E-state index contributed by atoms with van der Waals surface area (Å²) in [5, 5.41) is 3.06. The maximum absolute atomic E-state index is 12.7. The third kappa shape index (κ3) is 3.45. The Kier molecular flexibility index (Phi) is 4.66. The smallest absolute Gasteiger partial charge is 0.321 e. The van der Waals surface area contributed by atoms with Crippen LogP contribution in [-0.4, -0.2) is 72.2 Å². The Morgan fingerprint density at radius 2 is 2.12 bits per heavy atom. The summed E-state index contributed by atoms with van der Waals surface area (Å²) in [6.07, 6.45) is 3.60. The lowest BCUT2D eigenvalue weighted by Gasteiger charge is -2.35. The Hall–Kier alpha value is -2.74. The average Bonchev–Trinajstić information content (AvgIpc) is 3.15. The molecule has 4 rings (SSSR count). The van der Waals surface area contributed by atoms with Gasteiger partial charge in [-0.2, -0.15) is 0 Å². The van der Waals surface area contributed by atoms with Crippen molar-refractivity contribution in [2.24, 2.45) is 0 Å². The number of carbonyl (C=O) groups excluding carboxylic acids is 1. The van der Waals surface area contributed by atoms with Crippen LogP contribution in [0.2, 0.25) is 0 Å². The van der Waals surface area contributed by atoms with Crippen molar-refractivity contribution < 1.29 is 9.53 Å². The number of piperazine rings is 1. The zero-order valence-electron chi connectivity index (χ0n) is 14.9. The van der Waals surface area contributed by atoms with E-state index in [0.717, 1.165) is 49.1 Å². The first-order valence-electron chi connectivity index (χ1n) is 8.94. The van der Waals surface area contributed by atoms with Gasteiger partial charge < -0.3 is 24.8 Å².